The second kappa shape index (κ2) is 5.57. The minimum Gasteiger partial charge on any atom is -0.508 e. The summed E-state index contributed by atoms with van der Waals surface area (Å²) in [6.07, 6.45) is 6.29. The molecule has 2 unspecified atom stereocenters. The van der Waals surface area contributed by atoms with Crippen molar-refractivity contribution in [3.63, 3.8) is 0 Å². The fourth-order valence-electron chi connectivity index (χ4n) is 4.33. The predicted molar refractivity (Wildman–Crippen MR) is 87.1 cm³/mol. The molecule has 0 radical (unpaired) electrons. The third-order valence-corrected chi connectivity index (χ3v) is 5.28. The molecule has 2 atom stereocenters. The number of phenolic OH excluding ortho intramolecular Hbond substituents is 1. The highest BCUT2D eigenvalue weighted by Gasteiger charge is 2.40. The average molecular weight is 314 g/mol. The maximum Gasteiger partial charge on any atom is 0.217 e. The van der Waals surface area contributed by atoms with Crippen LogP contribution in [0.5, 0.6) is 5.75 Å². The summed E-state index contributed by atoms with van der Waals surface area (Å²) in [5.41, 5.74) is 1.91. The molecular weight excluding hydrogens is 292 g/mol. The Balaban J connectivity index is 1.52. The van der Waals surface area contributed by atoms with Gasteiger partial charge in [0.15, 0.2) is 0 Å². The highest BCUT2D eigenvalue weighted by Crippen LogP contribution is 2.38. The number of aromatic hydroxyl groups is 1. The summed E-state index contributed by atoms with van der Waals surface area (Å²) < 4.78 is 5.59. The van der Waals surface area contributed by atoms with E-state index in [4.69, 9.17) is 4.42 Å². The molecule has 122 valence electrons. The standard InChI is InChI=1S/C18H22N2O3/c1-11(21)19-13-6-14-2-3-15(7-13)20(14)9-12-10-23-18-8-16(22)4-5-17(12)18/h4-5,8,10,13-15,22H,2-3,6-7,9H2,1H3,(H,19,21). The topological polar surface area (TPSA) is 65.7 Å². The van der Waals surface area contributed by atoms with E-state index in [0.717, 1.165) is 30.4 Å². The van der Waals surface area contributed by atoms with Crippen LogP contribution in [0.3, 0.4) is 0 Å². The van der Waals surface area contributed by atoms with Gasteiger partial charge in [0, 0.05) is 48.6 Å². The molecule has 2 aromatic rings. The Hall–Kier alpha value is -2.01. The lowest BCUT2D eigenvalue weighted by atomic mass is 9.96. The maximum atomic E-state index is 11.3. The highest BCUT2D eigenvalue weighted by atomic mass is 16.3. The van der Waals surface area contributed by atoms with Gasteiger partial charge in [0.1, 0.15) is 11.3 Å². The van der Waals surface area contributed by atoms with E-state index in [1.807, 2.05) is 12.3 Å². The molecule has 0 saturated carbocycles. The van der Waals surface area contributed by atoms with Crippen LogP contribution < -0.4 is 5.32 Å². The molecule has 5 nitrogen and oxygen atoms in total. The Morgan fingerprint density at radius 1 is 1.35 bits per heavy atom. The molecular formula is C18H22N2O3. The summed E-state index contributed by atoms with van der Waals surface area (Å²) in [4.78, 5) is 13.9. The molecule has 0 spiro atoms. The second-order valence-corrected chi connectivity index (χ2v) is 6.87. The molecule has 1 amide bonds. The van der Waals surface area contributed by atoms with Gasteiger partial charge >= 0.3 is 0 Å². The first-order chi connectivity index (χ1) is 11.1. The number of fused-ring (bicyclic) bond motifs is 3. The molecule has 5 heteroatoms. The van der Waals surface area contributed by atoms with Crippen LogP contribution in [-0.4, -0.2) is 34.0 Å². The lowest BCUT2D eigenvalue weighted by molar-refractivity contribution is -0.120. The minimum atomic E-state index is 0.0727. The Labute approximate surface area is 135 Å². The number of carbonyl (C=O) groups is 1. The number of carbonyl (C=O) groups excluding carboxylic acids is 1. The van der Waals surface area contributed by atoms with Crippen molar-refractivity contribution in [2.45, 2.75) is 57.3 Å². The smallest absolute Gasteiger partial charge is 0.217 e. The number of nitrogens with zero attached hydrogens (tertiary/aromatic N) is 1. The van der Waals surface area contributed by atoms with Gasteiger partial charge in [-0.25, -0.2) is 0 Å². The predicted octanol–water partition coefficient (Wildman–Crippen LogP) is 2.77. The van der Waals surface area contributed by atoms with Crippen molar-refractivity contribution >= 4 is 16.9 Å². The lowest BCUT2D eigenvalue weighted by Gasteiger charge is -2.39. The van der Waals surface area contributed by atoms with E-state index in [1.54, 1.807) is 19.1 Å². The van der Waals surface area contributed by atoms with Gasteiger partial charge in [-0.05, 0) is 37.8 Å². The molecule has 2 N–H and O–H groups in total. The van der Waals surface area contributed by atoms with Crippen molar-refractivity contribution in [2.75, 3.05) is 0 Å². The van der Waals surface area contributed by atoms with Gasteiger partial charge in [-0.15, -0.1) is 0 Å². The Morgan fingerprint density at radius 3 is 2.78 bits per heavy atom. The zero-order chi connectivity index (χ0) is 16.0. The van der Waals surface area contributed by atoms with Gasteiger partial charge in [0.2, 0.25) is 5.91 Å². The molecule has 4 rings (SSSR count). The van der Waals surface area contributed by atoms with Gasteiger partial charge in [-0.3, -0.25) is 9.69 Å². The second-order valence-electron chi connectivity index (χ2n) is 6.87. The molecule has 2 bridgehead atoms. The lowest BCUT2D eigenvalue weighted by Crippen LogP contribution is -2.49. The number of hydrogen-bond donors (Lipinski definition) is 2. The van der Waals surface area contributed by atoms with Gasteiger partial charge in [0.05, 0.1) is 6.26 Å². The zero-order valence-electron chi connectivity index (χ0n) is 13.3. The van der Waals surface area contributed by atoms with Crippen molar-refractivity contribution < 1.29 is 14.3 Å². The summed E-state index contributed by atoms with van der Waals surface area (Å²) in [5.74, 6) is 0.304. The highest BCUT2D eigenvalue weighted by molar-refractivity contribution is 5.82. The van der Waals surface area contributed by atoms with E-state index in [-0.39, 0.29) is 11.7 Å². The van der Waals surface area contributed by atoms with Crippen LogP contribution >= 0.6 is 0 Å². The molecule has 2 fully saturated rings. The Kier molecular flexibility index (Phi) is 3.53. The number of hydrogen-bond acceptors (Lipinski definition) is 4. The first kappa shape index (κ1) is 14.6. The van der Waals surface area contributed by atoms with E-state index in [2.05, 4.69) is 10.2 Å². The summed E-state index contributed by atoms with van der Waals surface area (Å²) in [5, 5.41) is 13.7. The van der Waals surface area contributed by atoms with Gasteiger partial charge in [0.25, 0.3) is 0 Å². The molecule has 2 saturated heterocycles. The van der Waals surface area contributed by atoms with E-state index in [0.29, 0.717) is 18.1 Å². The third-order valence-electron chi connectivity index (χ3n) is 5.28. The largest absolute Gasteiger partial charge is 0.508 e. The number of amides is 1. The summed E-state index contributed by atoms with van der Waals surface area (Å²) in [6.45, 7) is 2.47. The minimum absolute atomic E-state index is 0.0727. The van der Waals surface area contributed by atoms with E-state index >= 15 is 0 Å². The average Bonchev–Trinajstić information content (AvgIpc) is 2.98. The van der Waals surface area contributed by atoms with Crippen molar-refractivity contribution in [1.82, 2.24) is 10.2 Å². The number of nitrogens with one attached hydrogen (secondary N) is 1. The fourth-order valence-corrected chi connectivity index (χ4v) is 4.33. The molecule has 2 aliphatic heterocycles. The molecule has 3 heterocycles. The number of furan rings is 1. The first-order valence-electron chi connectivity index (χ1n) is 8.32. The Bertz CT molecular complexity index is 725. The van der Waals surface area contributed by atoms with Crippen LogP contribution in [0.1, 0.15) is 38.2 Å². The van der Waals surface area contributed by atoms with Crippen LogP contribution in [0, 0.1) is 0 Å². The van der Waals surface area contributed by atoms with E-state index in [9.17, 15) is 9.90 Å². The monoisotopic (exact) mass is 314 g/mol. The normalized spacial score (nSPS) is 27.4. The number of piperidine rings is 1. The number of benzene rings is 1. The van der Waals surface area contributed by atoms with Crippen molar-refractivity contribution in [3.8, 4) is 5.75 Å². The molecule has 0 aliphatic carbocycles. The fraction of sp³-hybridized carbons (Fsp3) is 0.500. The van der Waals surface area contributed by atoms with Crippen molar-refractivity contribution in [2.24, 2.45) is 0 Å². The van der Waals surface area contributed by atoms with E-state index < -0.39 is 0 Å². The van der Waals surface area contributed by atoms with Crippen LogP contribution in [0.25, 0.3) is 11.0 Å². The van der Waals surface area contributed by atoms with E-state index in [1.165, 1.54) is 18.4 Å². The summed E-state index contributed by atoms with van der Waals surface area (Å²) >= 11 is 0. The third kappa shape index (κ3) is 2.70. The van der Waals surface area contributed by atoms with Crippen LogP contribution in [0.2, 0.25) is 0 Å². The molecule has 23 heavy (non-hydrogen) atoms. The van der Waals surface area contributed by atoms with Crippen molar-refractivity contribution in [1.29, 1.82) is 0 Å². The molecule has 1 aromatic heterocycles. The number of rotatable bonds is 3. The molecule has 1 aromatic carbocycles. The maximum absolute atomic E-state index is 11.3. The van der Waals surface area contributed by atoms with Crippen LogP contribution in [0.15, 0.2) is 28.9 Å². The van der Waals surface area contributed by atoms with Crippen molar-refractivity contribution in [3.05, 3.63) is 30.0 Å². The van der Waals surface area contributed by atoms with Gasteiger partial charge in [-0.1, -0.05) is 0 Å². The number of phenols is 1. The van der Waals surface area contributed by atoms with Crippen LogP contribution in [0.4, 0.5) is 0 Å². The SMILES string of the molecule is CC(=O)NC1CC2CCC(C1)N2Cc1coc2cc(O)ccc12. The first-order valence-corrected chi connectivity index (χ1v) is 8.32. The zero-order valence-corrected chi connectivity index (χ0v) is 13.3. The van der Waals surface area contributed by atoms with Crippen LogP contribution in [-0.2, 0) is 11.3 Å². The molecule has 2 aliphatic rings. The van der Waals surface area contributed by atoms with Gasteiger partial charge in [-0.2, -0.15) is 0 Å². The van der Waals surface area contributed by atoms with Gasteiger partial charge < -0.3 is 14.8 Å². The Morgan fingerprint density at radius 2 is 2.09 bits per heavy atom. The quantitative estimate of drug-likeness (QED) is 0.914. The summed E-state index contributed by atoms with van der Waals surface area (Å²) in [7, 11) is 0. The summed E-state index contributed by atoms with van der Waals surface area (Å²) in [6, 6.07) is 6.69.